The van der Waals surface area contributed by atoms with Gasteiger partial charge in [0.1, 0.15) is 23.5 Å². The number of carbonyl (C=O) groups excluding carboxylic acids is 1. The fourth-order valence-corrected chi connectivity index (χ4v) is 6.18. The van der Waals surface area contributed by atoms with Crippen molar-refractivity contribution in [1.29, 1.82) is 0 Å². The van der Waals surface area contributed by atoms with Crippen molar-refractivity contribution >= 4 is 17.4 Å². The maximum atomic E-state index is 14.5. The van der Waals surface area contributed by atoms with Gasteiger partial charge >= 0.3 is 5.97 Å². The fraction of sp³-hybridized carbons (Fsp3) is 0.425. The minimum absolute atomic E-state index is 0.211. The Balaban J connectivity index is 1.66. The minimum atomic E-state index is -1.03. The maximum absolute atomic E-state index is 14.5. The molecule has 5 rings (SSSR count). The third kappa shape index (κ3) is 8.25. The predicted molar refractivity (Wildman–Crippen MR) is 195 cm³/mol. The smallest absolute Gasteiger partial charge is 0.340 e. The van der Waals surface area contributed by atoms with E-state index in [-0.39, 0.29) is 24.1 Å². The molecule has 0 saturated carbocycles. The third-order valence-corrected chi connectivity index (χ3v) is 8.76. The number of halogens is 1. The molecule has 3 heterocycles. The van der Waals surface area contributed by atoms with Gasteiger partial charge in [0.25, 0.3) is 0 Å². The summed E-state index contributed by atoms with van der Waals surface area (Å²) >= 11 is 0. The van der Waals surface area contributed by atoms with E-state index >= 15 is 0 Å². The maximum Gasteiger partial charge on any atom is 0.340 e. The van der Waals surface area contributed by atoms with Crippen LogP contribution in [0.2, 0.25) is 0 Å². The molecule has 0 bridgehead atoms. The molecule has 9 nitrogen and oxygen atoms in total. The van der Waals surface area contributed by atoms with Crippen LogP contribution < -0.4 is 9.64 Å². The molecule has 2 atom stereocenters. The van der Waals surface area contributed by atoms with E-state index < -0.39 is 17.7 Å². The number of piperidine rings is 1. The van der Waals surface area contributed by atoms with E-state index in [2.05, 4.69) is 25.0 Å². The van der Waals surface area contributed by atoms with Crippen LogP contribution in [0.5, 0.6) is 5.75 Å². The van der Waals surface area contributed by atoms with E-state index in [0.29, 0.717) is 53.6 Å². The van der Waals surface area contributed by atoms with Gasteiger partial charge < -0.3 is 23.8 Å². The zero-order valence-electron chi connectivity index (χ0n) is 30.3. The molecular weight excluding hydrogens is 635 g/mol. The second-order valence-electron chi connectivity index (χ2n) is 13.9. The van der Waals surface area contributed by atoms with E-state index in [9.17, 15) is 9.18 Å². The second-order valence-corrected chi connectivity index (χ2v) is 13.9. The molecule has 1 fully saturated rings. The van der Waals surface area contributed by atoms with E-state index in [0.717, 1.165) is 29.8 Å². The third-order valence-electron chi connectivity index (χ3n) is 8.76. The molecule has 0 aliphatic carbocycles. The van der Waals surface area contributed by atoms with Crippen LogP contribution in [0.3, 0.4) is 0 Å². The Labute approximate surface area is 294 Å². The van der Waals surface area contributed by atoms with Crippen molar-refractivity contribution in [1.82, 2.24) is 14.6 Å². The van der Waals surface area contributed by atoms with Crippen molar-refractivity contribution in [3.8, 4) is 28.1 Å². The number of benzene rings is 2. The van der Waals surface area contributed by atoms with Gasteiger partial charge in [-0.2, -0.15) is 9.61 Å². The number of fused-ring (bicyclic) bond motifs is 1. The highest BCUT2D eigenvalue weighted by Gasteiger charge is 2.38. The number of carbonyl (C=O) groups is 1. The highest BCUT2D eigenvalue weighted by atomic mass is 19.1. The molecule has 2 aromatic carbocycles. The molecule has 4 aromatic rings. The molecule has 1 aliphatic heterocycles. The number of anilines is 1. The first-order chi connectivity index (χ1) is 23.8. The summed E-state index contributed by atoms with van der Waals surface area (Å²) in [6, 6.07) is 14.2. The van der Waals surface area contributed by atoms with Crippen LogP contribution in [-0.2, 0) is 19.0 Å². The number of hydrogen-bond donors (Lipinski definition) is 0. The number of aromatic nitrogens is 3. The standard InChI is InChI=1S/C40H49FN4O5/c1-10-22-48-40(9)18-20-44(21-19-40)37-35(36(38(46)47-12-3)50-39(6,7)8)27(5)42-34-25-32(43-45(34)37)29-15-13-14-28(23-29)31-24-30(41)16-17-33(31)49-26(4)11-2/h10-11,13-17,23-26,36H,1-2,12,18-22H2,3-9H3/t26-,36-/m0/s1. The van der Waals surface area contributed by atoms with Gasteiger partial charge in [-0.3, -0.25) is 0 Å². The molecule has 266 valence electrons. The van der Waals surface area contributed by atoms with E-state index in [1.165, 1.54) is 12.1 Å². The lowest BCUT2D eigenvalue weighted by molar-refractivity contribution is -0.166. The number of nitrogens with zero attached hydrogens (tertiary/aromatic N) is 4. The normalized spacial score (nSPS) is 15.8. The van der Waals surface area contributed by atoms with Crippen molar-refractivity contribution in [2.24, 2.45) is 0 Å². The van der Waals surface area contributed by atoms with Crippen molar-refractivity contribution in [2.45, 2.75) is 84.7 Å². The summed E-state index contributed by atoms with van der Waals surface area (Å²) in [7, 11) is 0. The summed E-state index contributed by atoms with van der Waals surface area (Å²) in [5.41, 5.74) is 3.76. The quantitative estimate of drug-likeness (QED) is 0.102. The number of esters is 1. The largest absolute Gasteiger partial charge is 0.486 e. The van der Waals surface area contributed by atoms with E-state index in [4.69, 9.17) is 29.0 Å². The molecule has 10 heteroatoms. The lowest BCUT2D eigenvalue weighted by atomic mass is 9.92. The Morgan fingerprint density at radius 3 is 2.48 bits per heavy atom. The lowest BCUT2D eigenvalue weighted by Gasteiger charge is -2.41. The Bertz CT molecular complexity index is 1850. The molecule has 0 spiro atoms. The minimum Gasteiger partial charge on any atom is -0.486 e. The van der Waals surface area contributed by atoms with Gasteiger partial charge in [-0.1, -0.05) is 36.9 Å². The predicted octanol–water partition coefficient (Wildman–Crippen LogP) is 8.44. The first-order valence-electron chi connectivity index (χ1n) is 17.2. The highest BCUT2D eigenvalue weighted by Crippen LogP contribution is 2.39. The van der Waals surface area contributed by atoms with Crippen LogP contribution in [-0.4, -0.2) is 64.2 Å². The Morgan fingerprint density at radius 1 is 1.10 bits per heavy atom. The first-order valence-corrected chi connectivity index (χ1v) is 17.2. The van der Waals surface area contributed by atoms with Gasteiger partial charge in [-0.15, -0.1) is 6.58 Å². The van der Waals surface area contributed by atoms with Crippen molar-refractivity contribution in [3.05, 3.63) is 90.9 Å². The summed E-state index contributed by atoms with van der Waals surface area (Å²) in [5.74, 6) is 0.424. The number of hydrogen-bond acceptors (Lipinski definition) is 8. The van der Waals surface area contributed by atoms with Gasteiger partial charge in [-0.25, -0.2) is 14.2 Å². The molecule has 0 N–H and O–H groups in total. The average molecular weight is 685 g/mol. The van der Waals surface area contributed by atoms with Gasteiger partial charge in [0.05, 0.1) is 35.7 Å². The van der Waals surface area contributed by atoms with Gasteiger partial charge in [0, 0.05) is 36.0 Å². The Morgan fingerprint density at radius 2 is 1.82 bits per heavy atom. The van der Waals surface area contributed by atoms with Crippen molar-refractivity contribution in [2.75, 3.05) is 31.2 Å². The van der Waals surface area contributed by atoms with Crippen molar-refractivity contribution in [3.63, 3.8) is 0 Å². The molecule has 0 amide bonds. The molecule has 50 heavy (non-hydrogen) atoms. The summed E-state index contributed by atoms with van der Waals surface area (Å²) in [6.07, 6.45) is 3.68. The molecule has 1 aliphatic rings. The summed E-state index contributed by atoms with van der Waals surface area (Å²) in [5, 5.41) is 5.11. The summed E-state index contributed by atoms with van der Waals surface area (Å²) in [4.78, 5) is 20.8. The van der Waals surface area contributed by atoms with Crippen LogP contribution in [0.15, 0.2) is 73.8 Å². The average Bonchev–Trinajstić information content (AvgIpc) is 3.50. The van der Waals surface area contributed by atoms with E-state index in [1.807, 2.05) is 65.0 Å². The van der Waals surface area contributed by atoms with Gasteiger partial charge in [0.2, 0.25) is 0 Å². The molecule has 0 radical (unpaired) electrons. The van der Waals surface area contributed by atoms with Gasteiger partial charge in [0.15, 0.2) is 11.8 Å². The summed E-state index contributed by atoms with van der Waals surface area (Å²) in [6.45, 7) is 23.0. The van der Waals surface area contributed by atoms with E-state index in [1.54, 1.807) is 29.7 Å². The summed E-state index contributed by atoms with van der Waals surface area (Å²) < 4.78 is 40.6. The molecule has 1 saturated heterocycles. The second kappa shape index (κ2) is 15.1. The molecule has 0 unspecified atom stereocenters. The Kier molecular flexibility index (Phi) is 11.1. The van der Waals surface area contributed by atoms with Gasteiger partial charge in [-0.05, 0) is 91.1 Å². The monoisotopic (exact) mass is 684 g/mol. The number of rotatable bonds is 13. The highest BCUT2D eigenvalue weighted by molar-refractivity contribution is 5.81. The van der Waals surface area contributed by atoms with Crippen LogP contribution in [0.1, 0.15) is 71.7 Å². The number of aryl methyl sites for hydroxylation is 1. The number of ether oxygens (including phenoxy) is 4. The molecular formula is C40H49FN4O5. The topological polar surface area (TPSA) is 87.4 Å². The first kappa shape index (κ1) is 36.7. The van der Waals surface area contributed by atoms with Crippen LogP contribution >= 0.6 is 0 Å². The van der Waals surface area contributed by atoms with Crippen molar-refractivity contribution < 1.29 is 28.1 Å². The zero-order chi connectivity index (χ0) is 36.2. The van der Waals surface area contributed by atoms with Crippen LogP contribution in [0, 0.1) is 12.7 Å². The van der Waals surface area contributed by atoms with Crippen LogP contribution in [0.4, 0.5) is 10.2 Å². The Hall–Kier alpha value is -4.54. The zero-order valence-corrected chi connectivity index (χ0v) is 30.3. The molecule has 2 aromatic heterocycles. The lowest BCUT2D eigenvalue weighted by Crippen LogP contribution is -2.45. The van der Waals surface area contributed by atoms with Crippen LogP contribution in [0.25, 0.3) is 28.0 Å². The SMILES string of the molecule is C=CCOC1(C)CCN(c2c([C@H](OC(C)(C)C)C(=O)OCC)c(C)nc3cc(-c4cccc(-c5cc(F)ccc5O[C@@H](C)C=C)c4)nn23)CC1. The fourth-order valence-electron chi connectivity index (χ4n) is 6.18.